The average Bonchev–Trinajstić information content (AvgIpc) is 2.39. The minimum absolute atomic E-state index is 0.386. The van der Waals surface area contributed by atoms with Crippen LogP contribution < -0.4 is 11.1 Å². The molecule has 82 valence electrons. The standard InChI is InChI=1S/C11H13N5/c1-13-10-6-8(7-12)15-11(16-10)9-4-2-3-5-14-9/h2-6H,7,12H2,1H3,(H,13,15,16). The van der Waals surface area contributed by atoms with Gasteiger partial charge < -0.3 is 11.1 Å². The molecule has 0 saturated carbocycles. The van der Waals surface area contributed by atoms with Crippen molar-refractivity contribution < 1.29 is 0 Å². The Kier molecular flexibility index (Phi) is 3.07. The summed E-state index contributed by atoms with van der Waals surface area (Å²) >= 11 is 0. The molecule has 0 aromatic carbocycles. The number of hydrogen-bond acceptors (Lipinski definition) is 5. The smallest absolute Gasteiger partial charge is 0.180 e. The molecule has 0 atom stereocenters. The molecule has 0 unspecified atom stereocenters. The van der Waals surface area contributed by atoms with E-state index in [4.69, 9.17) is 5.73 Å². The molecular weight excluding hydrogens is 202 g/mol. The van der Waals surface area contributed by atoms with Crippen molar-refractivity contribution in [3.63, 3.8) is 0 Å². The molecule has 2 aromatic rings. The maximum Gasteiger partial charge on any atom is 0.180 e. The number of nitrogens with zero attached hydrogens (tertiary/aromatic N) is 3. The zero-order valence-electron chi connectivity index (χ0n) is 9.01. The number of anilines is 1. The zero-order valence-corrected chi connectivity index (χ0v) is 9.01. The Hall–Kier alpha value is -2.01. The molecule has 16 heavy (non-hydrogen) atoms. The normalized spacial score (nSPS) is 10.1. The van der Waals surface area contributed by atoms with Gasteiger partial charge in [-0.3, -0.25) is 4.98 Å². The molecule has 2 heterocycles. The van der Waals surface area contributed by atoms with Crippen molar-refractivity contribution >= 4 is 5.82 Å². The fourth-order valence-electron chi connectivity index (χ4n) is 1.34. The first-order chi connectivity index (χ1) is 7.83. The Labute approximate surface area is 93.8 Å². The van der Waals surface area contributed by atoms with E-state index < -0.39 is 0 Å². The first-order valence-electron chi connectivity index (χ1n) is 5.00. The number of hydrogen-bond donors (Lipinski definition) is 2. The van der Waals surface area contributed by atoms with Crippen LogP contribution >= 0.6 is 0 Å². The van der Waals surface area contributed by atoms with Gasteiger partial charge in [0.2, 0.25) is 0 Å². The fraction of sp³-hybridized carbons (Fsp3) is 0.182. The third-order valence-electron chi connectivity index (χ3n) is 2.14. The Morgan fingerprint density at radius 3 is 2.81 bits per heavy atom. The highest BCUT2D eigenvalue weighted by molar-refractivity contribution is 5.52. The summed E-state index contributed by atoms with van der Waals surface area (Å²) in [6, 6.07) is 7.45. The van der Waals surface area contributed by atoms with Gasteiger partial charge in [-0.2, -0.15) is 0 Å². The molecule has 0 spiro atoms. The summed E-state index contributed by atoms with van der Waals surface area (Å²) in [6.07, 6.45) is 1.72. The third-order valence-corrected chi connectivity index (χ3v) is 2.14. The molecule has 2 aromatic heterocycles. The van der Waals surface area contributed by atoms with Gasteiger partial charge in [0.25, 0.3) is 0 Å². The average molecular weight is 215 g/mol. The lowest BCUT2D eigenvalue weighted by molar-refractivity contribution is 0.965. The maximum atomic E-state index is 5.58. The van der Waals surface area contributed by atoms with Gasteiger partial charge in [-0.15, -0.1) is 0 Å². The second kappa shape index (κ2) is 4.67. The van der Waals surface area contributed by atoms with Crippen LogP contribution in [-0.4, -0.2) is 22.0 Å². The monoisotopic (exact) mass is 215 g/mol. The molecule has 0 aliphatic rings. The molecular formula is C11H13N5. The van der Waals surface area contributed by atoms with Crippen LogP contribution in [0.2, 0.25) is 0 Å². The van der Waals surface area contributed by atoms with Gasteiger partial charge >= 0.3 is 0 Å². The summed E-state index contributed by atoms with van der Waals surface area (Å²) in [5.41, 5.74) is 7.12. The molecule has 5 heteroatoms. The third kappa shape index (κ3) is 2.14. The lowest BCUT2D eigenvalue weighted by Gasteiger charge is -2.05. The number of rotatable bonds is 3. The highest BCUT2D eigenvalue weighted by atomic mass is 15.0. The summed E-state index contributed by atoms with van der Waals surface area (Å²) in [6.45, 7) is 0.386. The molecule has 3 N–H and O–H groups in total. The van der Waals surface area contributed by atoms with Crippen LogP contribution in [0.15, 0.2) is 30.5 Å². The van der Waals surface area contributed by atoms with Gasteiger partial charge in [0.1, 0.15) is 11.5 Å². The van der Waals surface area contributed by atoms with Crippen molar-refractivity contribution in [3.05, 3.63) is 36.2 Å². The lowest BCUT2D eigenvalue weighted by atomic mass is 10.3. The van der Waals surface area contributed by atoms with Gasteiger partial charge in [-0.05, 0) is 12.1 Å². The number of nitrogens with two attached hydrogens (primary N) is 1. The Morgan fingerprint density at radius 2 is 2.19 bits per heavy atom. The minimum Gasteiger partial charge on any atom is -0.373 e. The van der Waals surface area contributed by atoms with Gasteiger partial charge in [0, 0.05) is 25.9 Å². The molecule has 0 fully saturated rings. The van der Waals surface area contributed by atoms with E-state index in [0.29, 0.717) is 12.4 Å². The van der Waals surface area contributed by atoms with E-state index in [2.05, 4.69) is 20.3 Å². The maximum absolute atomic E-state index is 5.58. The SMILES string of the molecule is CNc1cc(CN)nc(-c2ccccn2)n1. The van der Waals surface area contributed by atoms with Crippen molar-refractivity contribution in [1.29, 1.82) is 0 Å². The van der Waals surface area contributed by atoms with E-state index in [1.165, 1.54) is 0 Å². The van der Waals surface area contributed by atoms with Crippen LogP contribution in [0.3, 0.4) is 0 Å². The molecule has 0 bridgehead atoms. The van der Waals surface area contributed by atoms with E-state index in [1.807, 2.05) is 31.3 Å². The van der Waals surface area contributed by atoms with Gasteiger partial charge in [-0.25, -0.2) is 9.97 Å². The van der Waals surface area contributed by atoms with Crippen LogP contribution in [0, 0.1) is 0 Å². The lowest BCUT2D eigenvalue weighted by Crippen LogP contribution is -2.05. The summed E-state index contributed by atoms with van der Waals surface area (Å²) in [5, 5.41) is 2.98. The van der Waals surface area contributed by atoms with E-state index in [-0.39, 0.29) is 0 Å². The van der Waals surface area contributed by atoms with Crippen LogP contribution in [0.4, 0.5) is 5.82 Å². The highest BCUT2D eigenvalue weighted by Crippen LogP contribution is 2.14. The first-order valence-corrected chi connectivity index (χ1v) is 5.00. The predicted molar refractivity (Wildman–Crippen MR) is 62.7 cm³/mol. The molecule has 0 amide bonds. The van der Waals surface area contributed by atoms with E-state index in [0.717, 1.165) is 17.2 Å². The highest BCUT2D eigenvalue weighted by Gasteiger charge is 2.05. The molecule has 5 nitrogen and oxygen atoms in total. The molecule has 0 aliphatic heterocycles. The minimum atomic E-state index is 0.386. The van der Waals surface area contributed by atoms with E-state index in [1.54, 1.807) is 6.20 Å². The molecule has 0 radical (unpaired) electrons. The van der Waals surface area contributed by atoms with Crippen LogP contribution in [-0.2, 0) is 6.54 Å². The Morgan fingerprint density at radius 1 is 1.31 bits per heavy atom. The van der Waals surface area contributed by atoms with Gasteiger partial charge in [0.05, 0.1) is 5.69 Å². The molecule has 0 saturated heterocycles. The number of nitrogens with one attached hydrogen (secondary N) is 1. The van der Waals surface area contributed by atoms with Gasteiger partial charge in [0.15, 0.2) is 5.82 Å². The summed E-state index contributed by atoms with van der Waals surface area (Å²) in [5.74, 6) is 1.34. The van der Waals surface area contributed by atoms with Crippen LogP contribution in [0.1, 0.15) is 5.69 Å². The van der Waals surface area contributed by atoms with Gasteiger partial charge in [-0.1, -0.05) is 6.07 Å². The fourth-order valence-corrected chi connectivity index (χ4v) is 1.34. The Bertz CT molecular complexity index is 447. The topological polar surface area (TPSA) is 76.7 Å². The Balaban J connectivity index is 2.48. The zero-order chi connectivity index (χ0) is 11.4. The summed E-state index contributed by atoms with van der Waals surface area (Å²) in [4.78, 5) is 12.9. The number of aromatic nitrogens is 3. The van der Waals surface area contributed by atoms with Crippen LogP contribution in [0.5, 0.6) is 0 Å². The quantitative estimate of drug-likeness (QED) is 0.800. The van der Waals surface area contributed by atoms with Crippen molar-refractivity contribution in [2.24, 2.45) is 5.73 Å². The van der Waals surface area contributed by atoms with Crippen molar-refractivity contribution in [2.45, 2.75) is 6.54 Å². The second-order valence-corrected chi connectivity index (χ2v) is 3.24. The number of pyridine rings is 1. The largest absolute Gasteiger partial charge is 0.373 e. The van der Waals surface area contributed by atoms with Crippen molar-refractivity contribution in [1.82, 2.24) is 15.0 Å². The second-order valence-electron chi connectivity index (χ2n) is 3.24. The van der Waals surface area contributed by atoms with Crippen LogP contribution in [0.25, 0.3) is 11.5 Å². The first kappa shape index (κ1) is 10.5. The predicted octanol–water partition coefficient (Wildman–Crippen LogP) is 1.04. The summed E-state index contributed by atoms with van der Waals surface area (Å²) in [7, 11) is 1.81. The summed E-state index contributed by atoms with van der Waals surface area (Å²) < 4.78 is 0. The van der Waals surface area contributed by atoms with E-state index in [9.17, 15) is 0 Å². The van der Waals surface area contributed by atoms with E-state index >= 15 is 0 Å². The van der Waals surface area contributed by atoms with Crippen molar-refractivity contribution in [2.75, 3.05) is 12.4 Å². The van der Waals surface area contributed by atoms with Crippen molar-refractivity contribution in [3.8, 4) is 11.5 Å². The molecule has 2 rings (SSSR count). The molecule has 0 aliphatic carbocycles.